The Morgan fingerprint density at radius 3 is 3.04 bits per heavy atom. The molecule has 1 atom stereocenters. The number of amides is 2. The van der Waals surface area contributed by atoms with Crippen molar-refractivity contribution in [3.63, 3.8) is 0 Å². The Hall–Kier alpha value is -2.74. The molecule has 3 aromatic rings. The molecule has 0 spiro atoms. The Bertz CT molecular complexity index is 843. The Morgan fingerprint density at radius 1 is 1.29 bits per heavy atom. The molecule has 0 saturated carbocycles. The van der Waals surface area contributed by atoms with Crippen molar-refractivity contribution in [2.75, 3.05) is 5.32 Å². The number of carbonyl (C=O) groups excluding carboxylic acids is 1. The van der Waals surface area contributed by atoms with Gasteiger partial charge < -0.3 is 5.32 Å². The number of carbonyl (C=O) groups is 1. The summed E-state index contributed by atoms with van der Waals surface area (Å²) in [4.78, 5) is 16.5. The lowest BCUT2D eigenvalue weighted by Crippen LogP contribution is -2.41. The number of urea groups is 1. The SMILES string of the molecule is O=C(Nc1nc(-c2ccccc2)ns1)N[C@H]1CCc2cn[nH]c2C1. The van der Waals surface area contributed by atoms with E-state index >= 15 is 0 Å². The predicted octanol–water partition coefficient (Wildman–Crippen LogP) is 2.61. The predicted molar refractivity (Wildman–Crippen MR) is 91.9 cm³/mol. The van der Waals surface area contributed by atoms with Crippen molar-refractivity contribution in [1.29, 1.82) is 0 Å². The average Bonchev–Trinajstić information content (AvgIpc) is 3.24. The number of rotatable bonds is 3. The molecule has 1 aromatic carbocycles. The topological polar surface area (TPSA) is 95.6 Å². The van der Waals surface area contributed by atoms with E-state index in [9.17, 15) is 4.79 Å². The molecule has 8 heteroatoms. The van der Waals surface area contributed by atoms with Crippen LogP contribution in [0, 0.1) is 0 Å². The van der Waals surface area contributed by atoms with Gasteiger partial charge >= 0.3 is 6.03 Å². The van der Waals surface area contributed by atoms with Crippen LogP contribution in [-0.4, -0.2) is 31.6 Å². The fraction of sp³-hybridized carbons (Fsp3) is 0.250. The van der Waals surface area contributed by atoms with E-state index in [1.165, 1.54) is 17.1 Å². The summed E-state index contributed by atoms with van der Waals surface area (Å²) in [6, 6.07) is 9.54. The molecule has 2 aromatic heterocycles. The molecular formula is C16H16N6OS. The van der Waals surface area contributed by atoms with E-state index < -0.39 is 0 Å². The molecule has 0 fully saturated rings. The van der Waals surface area contributed by atoms with Gasteiger partial charge in [0.2, 0.25) is 5.13 Å². The normalized spacial score (nSPS) is 16.4. The van der Waals surface area contributed by atoms with Gasteiger partial charge in [0.1, 0.15) is 0 Å². The van der Waals surface area contributed by atoms with Crippen LogP contribution in [0.4, 0.5) is 9.93 Å². The maximum absolute atomic E-state index is 12.2. The third-order valence-corrected chi connectivity index (χ3v) is 4.66. The minimum atomic E-state index is -0.251. The number of hydrogen-bond acceptors (Lipinski definition) is 5. The van der Waals surface area contributed by atoms with E-state index in [1.54, 1.807) is 0 Å². The third-order valence-electron chi connectivity index (χ3n) is 4.03. The molecule has 7 nitrogen and oxygen atoms in total. The van der Waals surface area contributed by atoms with E-state index in [2.05, 4.69) is 30.2 Å². The van der Waals surface area contributed by atoms with Crippen LogP contribution >= 0.6 is 11.5 Å². The van der Waals surface area contributed by atoms with Crippen LogP contribution in [0.1, 0.15) is 17.7 Å². The van der Waals surface area contributed by atoms with Crippen LogP contribution < -0.4 is 10.6 Å². The summed E-state index contributed by atoms with van der Waals surface area (Å²) in [5.41, 5.74) is 3.28. The van der Waals surface area contributed by atoms with Gasteiger partial charge in [-0.2, -0.15) is 14.5 Å². The first-order valence-corrected chi connectivity index (χ1v) is 8.53. The minimum absolute atomic E-state index is 0.0967. The lowest BCUT2D eigenvalue weighted by molar-refractivity contribution is 0.247. The van der Waals surface area contributed by atoms with Crippen molar-refractivity contribution in [2.45, 2.75) is 25.3 Å². The van der Waals surface area contributed by atoms with Gasteiger partial charge in [-0.1, -0.05) is 30.3 Å². The molecule has 2 amide bonds. The zero-order valence-electron chi connectivity index (χ0n) is 12.8. The summed E-state index contributed by atoms with van der Waals surface area (Å²) in [6.45, 7) is 0. The number of nitrogens with zero attached hydrogens (tertiary/aromatic N) is 3. The smallest absolute Gasteiger partial charge is 0.321 e. The highest BCUT2D eigenvalue weighted by molar-refractivity contribution is 7.10. The van der Waals surface area contributed by atoms with Crippen LogP contribution in [0.2, 0.25) is 0 Å². The van der Waals surface area contributed by atoms with Crippen molar-refractivity contribution in [1.82, 2.24) is 24.9 Å². The van der Waals surface area contributed by atoms with Crippen LogP contribution in [-0.2, 0) is 12.8 Å². The number of anilines is 1. The minimum Gasteiger partial charge on any atom is -0.335 e. The Balaban J connectivity index is 1.36. The van der Waals surface area contributed by atoms with Gasteiger partial charge in [-0.25, -0.2) is 4.79 Å². The number of nitrogens with one attached hydrogen (secondary N) is 3. The molecule has 122 valence electrons. The standard InChI is InChI=1S/C16H16N6OS/c23-15(18-12-7-6-11-9-17-21-13(11)8-12)20-16-19-14(22-24-16)10-4-2-1-3-5-10/h1-5,9,12H,6-8H2,(H,17,21)(H2,18,19,20,22,23)/t12-/m0/s1. The van der Waals surface area contributed by atoms with Crippen molar-refractivity contribution in [2.24, 2.45) is 0 Å². The molecule has 0 aliphatic heterocycles. The van der Waals surface area contributed by atoms with Crippen LogP contribution in [0.25, 0.3) is 11.4 Å². The average molecular weight is 340 g/mol. The molecule has 2 heterocycles. The highest BCUT2D eigenvalue weighted by Crippen LogP contribution is 2.21. The monoisotopic (exact) mass is 340 g/mol. The van der Waals surface area contributed by atoms with E-state index in [0.717, 1.165) is 30.5 Å². The van der Waals surface area contributed by atoms with E-state index in [0.29, 0.717) is 11.0 Å². The number of aromatic amines is 1. The van der Waals surface area contributed by atoms with Crippen molar-refractivity contribution in [3.8, 4) is 11.4 Å². The highest BCUT2D eigenvalue weighted by atomic mass is 32.1. The first kappa shape index (κ1) is 14.8. The Labute approximate surface area is 142 Å². The zero-order chi connectivity index (χ0) is 16.4. The number of H-pyrrole nitrogens is 1. The summed E-state index contributed by atoms with van der Waals surface area (Å²) in [6.07, 6.45) is 4.46. The molecule has 0 radical (unpaired) electrons. The lowest BCUT2D eigenvalue weighted by atomic mass is 9.94. The van der Waals surface area contributed by atoms with E-state index in [1.807, 2.05) is 36.5 Å². The van der Waals surface area contributed by atoms with Crippen LogP contribution in [0.3, 0.4) is 0 Å². The van der Waals surface area contributed by atoms with Gasteiger partial charge in [-0.15, -0.1) is 0 Å². The molecule has 0 unspecified atom stereocenters. The maximum Gasteiger partial charge on any atom is 0.321 e. The summed E-state index contributed by atoms with van der Waals surface area (Å²) >= 11 is 1.18. The fourth-order valence-electron chi connectivity index (χ4n) is 2.83. The highest BCUT2D eigenvalue weighted by Gasteiger charge is 2.22. The fourth-order valence-corrected chi connectivity index (χ4v) is 3.41. The van der Waals surface area contributed by atoms with Crippen molar-refractivity contribution < 1.29 is 4.79 Å². The summed E-state index contributed by atoms with van der Waals surface area (Å²) in [5.74, 6) is 0.621. The molecule has 1 aliphatic rings. The van der Waals surface area contributed by atoms with Gasteiger partial charge in [0.15, 0.2) is 5.82 Å². The molecule has 0 saturated heterocycles. The Kier molecular flexibility index (Phi) is 3.96. The van der Waals surface area contributed by atoms with Crippen LogP contribution in [0.5, 0.6) is 0 Å². The van der Waals surface area contributed by atoms with Gasteiger partial charge in [0, 0.05) is 35.3 Å². The quantitative estimate of drug-likeness (QED) is 0.683. The molecule has 24 heavy (non-hydrogen) atoms. The van der Waals surface area contributed by atoms with Gasteiger partial charge in [-0.05, 0) is 18.4 Å². The van der Waals surface area contributed by atoms with Crippen molar-refractivity contribution in [3.05, 3.63) is 47.8 Å². The molecule has 4 rings (SSSR count). The number of fused-ring (bicyclic) bond motifs is 1. The molecule has 0 bridgehead atoms. The number of aromatic nitrogens is 4. The first-order valence-electron chi connectivity index (χ1n) is 7.76. The molecular weight excluding hydrogens is 324 g/mol. The molecule has 1 aliphatic carbocycles. The molecule has 3 N–H and O–H groups in total. The maximum atomic E-state index is 12.2. The largest absolute Gasteiger partial charge is 0.335 e. The first-order chi connectivity index (χ1) is 11.8. The third kappa shape index (κ3) is 3.13. The van der Waals surface area contributed by atoms with Crippen molar-refractivity contribution >= 4 is 22.7 Å². The van der Waals surface area contributed by atoms with Gasteiger partial charge in [0.05, 0.1) is 6.20 Å². The summed E-state index contributed by atoms with van der Waals surface area (Å²) in [5, 5.41) is 13.3. The lowest BCUT2D eigenvalue weighted by Gasteiger charge is -2.22. The second-order valence-electron chi connectivity index (χ2n) is 5.70. The number of benzene rings is 1. The van der Waals surface area contributed by atoms with Gasteiger partial charge in [-0.3, -0.25) is 10.4 Å². The van der Waals surface area contributed by atoms with Gasteiger partial charge in [0.25, 0.3) is 0 Å². The Morgan fingerprint density at radius 2 is 2.17 bits per heavy atom. The number of aryl methyl sites for hydroxylation is 1. The summed E-state index contributed by atoms with van der Waals surface area (Å²) < 4.78 is 4.28. The van der Waals surface area contributed by atoms with E-state index in [4.69, 9.17) is 0 Å². The second kappa shape index (κ2) is 6.40. The van der Waals surface area contributed by atoms with Crippen LogP contribution in [0.15, 0.2) is 36.5 Å². The number of hydrogen-bond donors (Lipinski definition) is 3. The summed E-state index contributed by atoms with van der Waals surface area (Å²) in [7, 11) is 0. The zero-order valence-corrected chi connectivity index (χ0v) is 13.6. The second-order valence-corrected chi connectivity index (χ2v) is 6.45. The van der Waals surface area contributed by atoms with E-state index in [-0.39, 0.29) is 12.1 Å².